The third-order valence-corrected chi connectivity index (χ3v) is 3.76. The Morgan fingerprint density at radius 2 is 1.92 bits per heavy atom. The summed E-state index contributed by atoms with van der Waals surface area (Å²) in [6.45, 7) is 2.96. The van der Waals surface area contributed by atoms with Gasteiger partial charge in [-0.1, -0.05) is 12.1 Å². The first-order valence-electron chi connectivity index (χ1n) is 7.94. The van der Waals surface area contributed by atoms with E-state index in [1.807, 2.05) is 32.2 Å². The lowest BCUT2D eigenvalue weighted by Gasteiger charge is -2.16. The van der Waals surface area contributed by atoms with E-state index in [4.69, 9.17) is 4.42 Å². The average molecular weight is 330 g/mol. The van der Waals surface area contributed by atoms with Crippen LogP contribution >= 0.6 is 0 Å². The molecule has 1 unspecified atom stereocenters. The van der Waals surface area contributed by atoms with Crippen molar-refractivity contribution in [1.29, 1.82) is 0 Å². The minimum atomic E-state index is -0.146. The zero-order chi connectivity index (χ0) is 17.5. The number of furan rings is 1. The van der Waals surface area contributed by atoms with Crippen LogP contribution in [0.5, 0.6) is 0 Å². The highest BCUT2D eigenvalue weighted by atomic mass is 16.3. The van der Waals surface area contributed by atoms with Crippen molar-refractivity contribution in [3.8, 4) is 0 Å². The van der Waals surface area contributed by atoms with E-state index >= 15 is 0 Å². The molecule has 6 heteroatoms. The SMILES string of the molecule is CNC(=O)c1ccc(C[NH+](C)CC(=O)N[C@@H](C)c2ccco2)cc1. The molecule has 2 amide bonds. The summed E-state index contributed by atoms with van der Waals surface area (Å²) in [5.41, 5.74) is 1.70. The van der Waals surface area contributed by atoms with Crippen LogP contribution in [0.25, 0.3) is 0 Å². The number of benzene rings is 1. The van der Waals surface area contributed by atoms with Gasteiger partial charge < -0.3 is 20.0 Å². The molecule has 0 fully saturated rings. The standard InChI is InChI=1S/C18H23N3O3/c1-13(16-5-4-10-24-16)20-17(22)12-21(3)11-14-6-8-15(9-7-14)18(23)19-2/h4-10,13H,11-12H2,1-3H3,(H,19,23)(H,20,22)/p+1/t13-/m0/s1. The van der Waals surface area contributed by atoms with Crippen molar-refractivity contribution in [2.75, 3.05) is 20.6 Å². The molecule has 2 atom stereocenters. The lowest BCUT2D eigenvalue weighted by Crippen LogP contribution is -3.08. The van der Waals surface area contributed by atoms with Crippen LogP contribution < -0.4 is 15.5 Å². The van der Waals surface area contributed by atoms with Crippen LogP contribution in [0.4, 0.5) is 0 Å². The molecule has 2 aromatic rings. The summed E-state index contributed by atoms with van der Waals surface area (Å²) < 4.78 is 5.28. The Bertz CT molecular complexity index is 665. The van der Waals surface area contributed by atoms with E-state index in [0.29, 0.717) is 18.7 Å². The zero-order valence-electron chi connectivity index (χ0n) is 14.3. The maximum absolute atomic E-state index is 12.1. The van der Waals surface area contributed by atoms with Crippen LogP contribution in [0.15, 0.2) is 47.1 Å². The first kappa shape index (κ1) is 17.7. The highest BCUT2D eigenvalue weighted by Gasteiger charge is 2.15. The van der Waals surface area contributed by atoms with E-state index in [-0.39, 0.29) is 17.9 Å². The van der Waals surface area contributed by atoms with Gasteiger partial charge in [0.15, 0.2) is 6.54 Å². The number of hydrogen-bond donors (Lipinski definition) is 3. The fraction of sp³-hybridized carbons (Fsp3) is 0.333. The van der Waals surface area contributed by atoms with Gasteiger partial charge in [-0.25, -0.2) is 0 Å². The third-order valence-electron chi connectivity index (χ3n) is 3.76. The van der Waals surface area contributed by atoms with Gasteiger partial charge in [-0.3, -0.25) is 9.59 Å². The lowest BCUT2D eigenvalue weighted by molar-refractivity contribution is -0.885. The molecule has 128 valence electrons. The minimum Gasteiger partial charge on any atom is -0.467 e. The second kappa shape index (κ2) is 8.31. The number of hydrogen-bond acceptors (Lipinski definition) is 3. The highest BCUT2D eigenvalue weighted by Crippen LogP contribution is 2.11. The van der Waals surface area contributed by atoms with Crippen molar-refractivity contribution < 1.29 is 18.9 Å². The Morgan fingerprint density at radius 1 is 1.21 bits per heavy atom. The maximum Gasteiger partial charge on any atom is 0.275 e. The first-order chi connectivity index (χ1) is 11.5. The Hall–Kier alpha value is -2.60. The number of rotatable bonds is 7. The number of quaternary nitrogens is 1. The molecule has 0 saturated heterocycles. The zero-order valence-corrected chi connectivity index (χ0v) is 14.3. The molecular formula is C18H24N3O3+. The smallest absolute Gasteiger partial charge is 0.275 e. The van der Waals surface area contributed by atoms with Gasteiger partial charge in [-0.15, -0.1) is 0 Å². The lowest BCUT2D eigenvalue weighted by atomic mass is 10.1. The summed E-state index contributed by atoms with van der Waals surface area (Å²) in [5.74, 6) is 0.609. The van der Waals surface area contributed by atoms with Crippen molar-refractivity contribution in [3.63, 3.8) is 0 Å². The van der Waals surface area contributed by atoms with Crippen LogP contribution in [0.1, 0.15) is 34.6 Å². The van der Waals surface area contributed by atoms with E-state index in [1.165, 1.54) is 0 Å². The monoisotopic (exact) mass is 330 g/mol. The van der Waals surface area contributed by atoms with Crippen LogP contribution in [0.2, 0.25) is 0 Å². The number of nitrogens with one attached hydrogen (secondary N) is 3. The number of amides is 2. The molecule has 0 bridgehead atoms. The summed E-state index contributed by atoms with van der Waals surface area (Å²) in [4.78, 5) is 24.7. The molecule has 2 rings (SSSR count). The van der Waals surface area contributed by atoms with Crippen molar-refractivity contribution in [2.45, 2.75) is 19.5 Å². The number of carbonyl (C=O) groups excluding carboxylic acids is 2. The van der Waals surface area contributed by atoms with Gasteiger partial charge in [0.2, 0.25) is 0 Å². The minimum absolute atomic E-state index is 0.0293. The average Bonchev–Trinajstić information content (AvgIpc) is 3.09. The molecule has 0 saturated carbocycles. The van der Waals surface area contributed by atoms with E-state index in [2.05, 4.69) is 10.6 Å². The van der Waals surface area contributed by atoms with Crippen molar-refractivity contribution in [2.24, 2.45) is 0 Å². The van der Waals surface area contributed by atoms with Crippen LogP contribution in [0, 0.1) is 0 Å². The van der Waals surface area contributed by atoms with Crippen LogP contribution in [0.3, 0.4) is 0 Å². The van der Waals surface area contributed by atoms with Crippen LogP contribution in [-0.2, 0) is 11.3 Å². The summed E-state index contributed by atoms with van der Waals surface area (Å²) in [5, 5.41) is 5.52. The molecule has 3 N–H and O–H groups in total. The summed E-state index contributed by atoms with van der Waals surface area (Å²) in [7, 11) is 3.57. The molecule has 24 heavy (non-hydrogen) atoms. The van der Waals surface area contributed by atoms with Gasteiger partial charge in [0.05, 0.1) is 19.4 Å². The second-order valence-electron chi connectivity index (χ2n) is 5.89. The van der Waals surface area contributed by atoms with Crippen molar-refractivity contribution in [3.05, 3.63) is 59.5 Å². The molecule has 1 aromatic heterocycles. The predicted molar refractivity (Wildman–Crippen MR) is 90.6 cm³/mol. The summed E-state index contributed by atoms with van der Waals surface area (Å²) in [6, 6.07) is 10.9. The van der Waals surface area contributed by atoms with E-state index in [1.54, 1.807) is 31.5 Å². The number of carbonyl (C=O) groups is 2. The van der Waals surface area contributed by atoms with Crippen LogP contribution in [-0.4, -0.2) is 32.5 Å². The van der Waals surface area contributed by atoms with Crippen molar-refractivity contribution in [1.82, 2.24) is 10.6 Å². The van der Waals surface area contributed by atoms with Gasteiger partial charge in [0.1, 0.15) is 12.3 Å². The van der Waals surface area contributed by atoms with Gasteiger partial charge in [-0.05, 0) is 31.2 Å². The van der Waals surface area contributed by atoms with Gasteiger partial charge >= 0.3 is 0 Å². The second-order valence-corrected chi connectivity index (χ2v) is 5.89. The van der Waals surface area contributed by atoms with Gasteiger partial charge in [0.25, 0.3) is 11.8 Å². The molecule has 0 radical (unpaired) electrons. The Morgan fingerprint density at radius 3 is 2.50 bits per heavy atom. The first-order valence-corrected chi connectivity index (χ1v) is 7.94. The molecule has 0 aliphatic heterocycles. The van der Waals surface area contributed by atoms with Gasteiger partial charge in [0, 0.05) is 18.2 Å². The summed E-state index contributed by atoms with van der Waals surface area (Å²) in [6.07, 6.45) is 1.60. The fourth-order valence-electron chi connectivity index (χ4n) is 2.50. The largest absolute Gasteiger partial charge is 0.467 e. The topological polar surface area (TPSA) is 75.8 Å². The molecule has 1 aromatic carbocycles. The maximum atomic E-state index is 12.1. The number of likely N-dealkylation sites (N-methyl/N-ethyl adjacent to an activating group) is 1. The Labute approximate surface area is 141 Å². The van der Waals surface area contributed by atoms with E-state index in [9.17, 15) is 9.59 Å². The van der Waals surface area contributed by atoms with Gasteiger partial charge in [-0.2, -0.15) is 0 Å². The van der Waals surface area contributed by atoms with E-state index < -0.39 is 0 Å². The Balaban J connectivity index is 1.82. The fourth-order valence-corrected chi connectivity index (χ4v) is 2.50. The predicted octanol–water partition coefficient (Wildman–Crippen LogP) is 0.531. The quantitative estimate of drug-likeness (QED) is 0.693. The molecule has 1 heterocycles. The molecule has 0 spiro atoms. The summed E-state index contributed by atoms with van der Waals surface area (Å²) >= 11 is 0. The normalized spacial score (nSPS) is 13.1. The third kappa shape index (κ3) is 4.96. The molecule has 0 aliphatic carbocycles. The molecule has 6 nitrogen and oxygen atoms in total. The Kier molecular flexibility index (Phi) is 6.14. The molecular weight excluding hydrogens is 306 g/mol. The van der Waals surface area contributed by atoms with E-state index in [0.717, 1.165) is 16.2 Å². The van der Waals surface area contributed by atoms with Crippen molar-refractivity contribution >= 4 is 11.8 Å². The molecule has 0 aliphatic rings. The highest BCUT2D eigenvalue weighted by molar-refractivity contribution is 5.93.